The first-order valence-electron chi connectivity index (χ1n) is 11.4. The maximum Gasteiger partial charge on any atom is 0.134 e. The maximum absolute atomic E-state index is 8.44. The molecule has 2 heterocycles. The molecule has 0 saturated heterocycles. The average Bonchev–Trinajstić information content (AvgIpc) is 3.72. The topological polar surface area (TPSA) is 101 Å². The summed E-state index contributed by atoms with van der Waals surface area (Å²) in [6.45, 7) is 3.89. The molecule has 6 nitrogen and oxygen atoms in total. The minimum atomic E-state index is -0.135. The van der Waals surface area contributed by atoms with Crippen LogP contribution < -0.4 is 5.73 Å². The van der Waals surface area contributed by atoms with Gasteiger partial charge in [0, 0.05) is 35.0 Å². The van der Waals surface area contributed by atoms with Gasteiger partial charge in [-0.1, -0.05) is 24.2 Å². The molecule has 174 valence electrons. The zero-order valence-electron chi connectivity index (χ0n) is 18.9. The van der Waals surface area contributed by atoms with Crippen LogP contribution in [-0.4, -0.2) is 0 Å². The molecule has 0 bridgehead atoms. The molecule has 33 heavy (non-hydrogen) atoms. The third-order valence-electron chi connectivity index (χ3n) is 6.31. The first kappa shape index (κ1) is 23.7. The van der Waals surface area contributed by atoms with Crippen LogP contribution in [0.4, 0.5) is 0 Å². The van der Waals surface area contributed by atoms with Crippen molar-refractivity contribution in [1.82, 2.24) is 0 Å². The van der Waals surface area contributed by atoms with Crippen molar-refractivity contribution in [2.24, 2.45) is 10.8 Å². The molecule has 2 aromatic heterocycles. The summed E-state index contributed by atoms with van der Waals surface area (Å²) in [7, 11) is 0. The Hall–Kier alpha value is -2.48. The van der Waals surface area contributed by atoms with Gasteiger partial charge in [0.2, 0.25) is 0 Å². The highest BCUT2D eigenvalue weighted by Crippen LogP contribution is 2.43. The molecule has 2 fully saturated rings. The van der Waals surface area contributed by atoms with Crippen LogP contribution in [0.15, 0.2) is 62.5 Å². The second-order valence-corrected chi connectivity index (χ2v) is 9.11. The van der Waals surface area contributed by atoms with Gasteiger partial charge in [-0.05, 0) is 85.7 Å². The number of rotatable bonds is 5. The van der Waals surface area contributed by atoms with Crippen molar-refractivity contribution in [3.05, 3.63) is 81.6 Å². The zero-order valence-corrected chi connectivity index (χ0v) is 21.2. The predicted octanol–water partition coefficient (Wildman–Crippen LogP) is 8.88. The highest BCUT2D eigenvalue weighted by Gasteiger charge is 2.28. The van der Waals surface area contributed by atoms with E-state index in [1.807, 2.05) is 44.2 Å². The molecule has 2 saturated carbocycles. The molecule has 4 aromatic rings. The molecule has 2 atom stereocenters. The molecule has 2 aliphatic carbocycles. The van der Waals surface area contributed by atoms with Crippen molar-refractivity contribution in [1.29, 1.82) is 0 Å². The number of nitrogens with zero attached hydrogens (tertiary/aromatic N) is 3. The number of furan rings is 2. The predicted molar refractivity (Wildman–Crippen MR) is 144 cm³/mol. The van der Waals surface area contributed by atoms with Crippen molar-refractivity contribution < 1.29 is 10.3 Å². The average molecular weight is 558 g/mol. The summed E-state index contributed by atoms with van der Waals surface area (Å²) in [5, 5.41) is 5.99. The zero-order chi connectivity index (χ0) is 22.2. The summed E-state index contributed by atoms with van der Waals surface area (Å²) in [4.78, 5) is 2.84. The number of benzene rings is 2. The third-order valence-corrected chi connectivity index (χ3v) is 6.31. The number of hydrogen-bond donors (Lipinski definition) is 1. The monoisotopic (exact) mass is 558 g/mol. The highest BCUT2D eigenvalue weighted by molar-refractivity contribution is 14.0. The normalized spacial score (nSPS) is 16.9. The van der Waals surface area contributed by atoms with Gasteiger partial charge in [-0.2, -0.15) is 0 Å². The van der Waals surface area contributed by atoms with Gasteiger partial charge in [0.05, 0.1) is 6.04 Å². The fraction of sp³-hybridized carbons (Fsp3) is 0.385. The van der Waals surface area contributed by atoms with Gasteiger partial charge in [-0.3, -0.25) is 0 Å². The molecule has 0 radical (unpaired) electrons. The van der Waals surface area contributed by atoms with Crippen molar-refractivity contribution in [3.8, 4) is 0 Å². The number of azide groups is 1. The van der Waals surface area contributed by atoms with Gasteiger partial charge in [0.15, 0.2) is 0 Å². The molecule has 2 N–H and O–H groups in total. The fourth-order valence-corrected chi connectivity index (χ4v) is 3.99. The SMILES string of the molecule is CC(N)c1ccc2oc(C3CC3)cc2c1.CC(N=[N+]=[N-])c1ccc2oc(C3CC3)cc2c1.I.[HH]. The van der Waals surface area contributed by atoms with Gasteiger partial charge in [0.1, 0.15) is 22.7 Å². The van der Waals surface area contributed by atoms with Crippen LogP contribution in [0.2, 0.25) is 0 Å². The number of halogens is 1. The molecule has 7 heteroatoms. The molecule has 6 rings (SSSR count). The Balaban J connectivity index is 0.000000181. The molecule has 2 aliphatic rings. The minimum Gasteiger partial charge on any atom is -0.461 e. The lowest BCUT2D eigenvalue weighted by atomic mass is 10.1. The van der Waals surface area contributed by atoms with E-state index in [4.69, 9.17) is 20.1 Å². The van der Waals surface area contributed by atoms with Crippen LogP contribution in [0.3, 0.4) is 0 Å². The molecular formula is C26H31IN4O2. The van der Waals surface area contributed by atoms with E-state index in [9.17, 15) is 0 Å². The van der Waals surface area contributed by atoms with Crippen LogP contribution >= 0.6 is 24.0 Å². The summed E-state index contributed by atoms with van der Waals surface area (Å²) in [6.07, 6.45) is 5.03. The number of hydrogen-bond acceptors (Lipinski definition) is 4. The van der Waals surface area contributed by atoms with E-state index in [1.165, 1.54) is 36.6 Å². The molecule has 0 aliphatic heterocycles. The number of fused-ring (bicyclic) bond motifs is 2. The third kappa shape index (κ3) is 5.37. The lowest BCUT2D eigenvalue weighted by Crippen LogP contribution is -2.03. The standard InChI is InChI=1S/C13H13N3O.C13H15NO.HI.H2/c1-8(15-16-14)10-4-5-12-11(6-10)7-13(17-12)9-2-3-9;1-8(14)10-4-5-12-11(6-10)7-13(15-12)9-2-3-9;;/h4-9H,2-3H2,1H3;4-9H,2-3,14H2,1H3;2*1H. The molecular weight excluding hydrogens is 527 g/mol. The Labute approximate surface area is 211 Å². The Morgan fingerprint density at radius 3 is 1.82 bits per heavy atom. The Bertz CT molecular complexity index is 1320. The number of nitrogens with two attached hydrogens (primary N) is 1. The van der Waals surface area contributed by atoms with E-state index in [2.05, 4.69) is 28.2 Å². The van der Waals surface area contributed by atoms with Gasteiger partial charge >= 0.3 is 0 Å². The fourth-order valence-electron chi connectivity index (χ4n) is 3.99. The van der Waals surface area contributed by atoms with Crippen molar-refractivity contribution in [2.45, 2.75) is 63.5 Å². The maximum atomic E-state index is 8.44. The lowest BCUT2D eigenvalue weighted by molar-refractivity contribution is 0.552. The molecule has 0 amide bonds. The summed E-state index contributed by atoms with van der Waals surface area (Å²) >= 11 is 0. The Morgan fingerprint density at radius 2 is 1.36 bits per heavy atom. The molecule has 2 aromatic carbocycles. The second kappa shape index (κ2) is 9.79. The summed E-state index contributed by atoms with van der Waals surface area (Å²) in [5.74, 6) is 3.54. The quantitative estimate of drug-likeness (QED) is 0.115. The van der Waals surface area contributed by atoms with E-state index in [1.54, 1.807) is 0 Å². The molecule has 2 unspecified atom stereocenters. The first-order valence-corrected chi connectivity index (χ1v) is 11.4. The highest BCUT2D eigenvalue weighted by atomic mass is 127. The van der Waals surface area contributed by atoms with Crippen LogP contribution in [-0.2, 0) is 0 Å². The summed E-state index contributed by atoms with van der Waals surface area (Å²) < 4.78 is 11.6. The van der Waals surface area contributed by atoms with E-state index in [0.29, 0.717) is 11.8 Å². The Morgan fingerprint density at radius 1 is 0.879 bits per heavy atom. The van der Waals surface area contributed by atoms with Gasteiger partial charge < -0.3 is 14.6 Å². The van der Waals surface area contributed by atoms with E-state index in [-0.39, 0.29) is 37.5 Å². The minimum absolute atomic E-state index is 0. The van der Waals surface area contributed by atoms with E-state index in [0.717, 1.165) is 33.6 Å². The smallest absolute Gasteiger partial charge is 0.134 e. The first-order chi connectivity index (χ1) is 15.5. The van der Waals surface area contributed by atoms with Crippen molar-refractivity contribution in [2.75, 3.05) is 0 Å². The Kier molecular flexibility index (Phi) is 7.02. The van der Waals surface area contributed by atoms with Crippen molar-refractivity contribution >= 4 is 45.9 Å². The van der Waals surface area contributed by atoms with Gasteiger partial charge in [-0.25, -0.2) is 0 Å². The molecule has 0 spiro atoms. The van der Waals surface area contributed by atoms with Crippen LogP contribution in [0.5, 0.6) is 0 Å². The van der Waals surface area contributed by atoms with Gasteiger partial charge in [-0.15, -0.1) is 24.0 Å². The summed E-state index contributed by atoms with van der Waals surface area (Å²) in [6, 6.07) is 16.4. The van der Waals surface area contributed by atoms with E-state index >= 15 is 0 Å². The van der Waals surface area contributed by atoms with E-state index < -0.39 is 0 Å². The van der Waals surface area contributed by atoms with Gasteiger partial charge in [0.25, 0.3) is 0 Å². The van der Waals surface area contributed by atoms with Crippen molar-refractivity contribution in [3.63, 3.8) is 0 Å². The summed E-state index contributed by atoms with van der Waals surface area (Å²) in [5.41, 5.74) is 18.4. The lowest BCUT2D eigenvalue weighted by Gasteiger charge is -2.03. The second-order valence-electron chi connectivity index (χ2n) is 9.11. The van der Waals surface area contributed by atoms with Crippen LogP contribution in [0.1, 0.15) is 87.5 Å². The largest absolute Gasteiger partial charge is 0.461 e. The van der Waals surface area contributed by atoms with Crippen LogP contribution in [0.25, 0.3) is 32.4 Å². The van der Waals surface area contributed by atoms with Crippen LogP contribution in [0, 0.1) is 0 Å².